The number of rotatable bonds is 3. The normalized spacial score (nSPS) is 27.2. The van der Waals surface area contributed by atoms with E-state index in [1.165, 1.54) is 24.8 Å². The SMILES string of the molecule is Cc1nn(C)cc1C(NN)C1CCOC2(CCC2)C1. The lowest BCUT2D eigenvalue weighted by Gasteiger charge is -2.48. The van der Waals surface area contributed by atoms with Gasteiger partial charge in [-0.05, 0) is 44.9 Å². The molecule has 0 radical (unpaired) electrons. The zero-order valence-electron chi connectivity index (χ0n) is 11.9. The summed E-state index contributed by atoms with van der Waals surface area (Å²) in [5, 5.41) is 4.44. The van der Waals surface area contributed by atoms with E-state index in [1.807, 2.05) is 11.7 Å². The third-order valence-corrected chi connectivity index (χ3v) is 4.83. The van der Waals surface area contributed by atoms with Gasteiger partial charge in [-0.15, -0.1) is 0 Å². The van der Waals surface area contributed by atoms with Crippen molar-refractivity contribution in [2.75, 3.05) is 6.61 Å². The minimum absolute atomic E-state index is 0.161. The van der Waals surface area contributed by atoms with E-state index in [0.717, 1.165) is 25.1 Å². The van der Waals surface area contributed by atoms with Crippen molar-refractivity contribution in [3.05, 3.63) is 17.5 Å². The van der Waals surface area contributed by atoms with E-state index < -0.39 is 0 Å². The van der Waals surface area contributed by atoms with Crippen molar-refractivity contribution in [3.8, 4) is 0 Å². The van der Waals surface area contributed by atoms with Gasteiger partial charge in [0.1, 0.15) is 0 Å². The molecule has 0 amide bonds. The summed E-state index contributed by atoms with van der Waals surface area (Å²) in [5.41, 5.74) is 5.48. The molecule has 1 aliphatic heterocycles. The number of ether oxygens (including phenoxy) is 1. The Morgan fingerprint density at radius 1 is 1.58 bits per heavy atom. The minimum atomic E-state index is 0.161. The molecule has 1 aromatic rings. The van der Waals surface area contributed by atoms with Crippen LogP contribution in [-0.4, -0.2) is 22.0 Å². The fourth-order valence-electron chi connectivity index (χ4n) is 3.67. The lowest BCUT2D eigenvalue weighted by atomic mass is 9.70. The third-order valence-electron chi connectivity index (χ3n) is 4.83. The van der Waals surface area contributed by atoms with Crippen LogP contribution in [0, 0.1) is 12.8 Å². The van der Waals surface area contributed by atoms with Gasteiger partial charge >= 0.3 is 0 Å². The smallest absolute Gasteiger partial charge is 0.0686 e. The van der Waals surface area contributed by atoms with Gasteiger partial charge in [0.15, 0.2) is 0 Å². The first-order chi connectivity index (χ1) is 9.13. The van der Waals surface area contributed by atoms with Crippen LogP contribution in [0.5, 0.6) is 0 Å². The van der Waals surface area contributed by atoms with Crippen LogP contribution < -0.4 is 11.3 Å². The molecule has 1 saturated heterocycles. The molecule has 2 fully saturated rings. The molecule has 2 unspecified atom stereocenters. The van der Waals surface area contributed by atoms with Crippen molar-refractivity contribution in [1.29, 1.82) is 0 Å². The first-order valence-corrected chi connectivity index (χ1v) is 7.24. The van der Waals surface area contributed by atoms with Gasteiger partial charge < -0.3 is 4.74 Å². The van der Waals surface area contributed by atoms with Gasteiger partial charge in [-0.2, -0.15) is 5.10 Å². The minimum Gasteiger partial charge on any atom is -0.375 e. The summed E-state index contributed by atoms with van der Waals surface area (Å²) >= 11 is 0. The summed E-state index contributed by atoms with van der Waals surface area (Å²) < 4.78 is 7.88. The molecule has 0 aromatic carbocycles. The van der Waals surface area contributed by atoms with Crippen molar-refractivity contribution >= 4 is 0 Å². The number of hydrazine groups is 1. The molecule has 2 heterocycles. The van der Waals surface area contributed by atoms with E-state index in [2.05, 4.69) is 23.6 Å². The predicted octanol–water partition coefficient (Wildman–Crippen LogP) is 1.58. The lowest BCUT2D eigenvalue weighted by Crippen LogP contribution is -2.48. The van der Waals surface area contributed by atoms with Gasteiger partial charge in [-0.25, -0.2) is 0 Å². The molecule has 5 nitrogen and oxygen atoms in total. The standard InChI is InChI=1S/C14H24N4O/c1-10-12(9-18(2)17-10)13(16-15)11-4-7-19-14(8-11)5-3-6-14/h9,11,13,16H,3-8,15H2,1-2H3. The molecule has 19 heavy (non-hydrogen) atoms. The second-order valence-electron chi connectivity index (χ2n) is 6.13. The second-order valence-corrected chi connectivity index (χ2v) is 6.13. The quantitative estimate of drug-likeness (QED) is 0.642. The van der Waals surface area contributed by atoms with Crippen molar-refractivity contribution < 1.29 is 4.74 Å². The van der Waals surface area contributed by atoms with Gasteiger partial charge in [0.05, 0.1) is 17.3 Å². The summed E-state index contributed by atoms with van der Waals surface area (Å²) in [6.07, 6.45) is 8.02. The van der Waals surface area contributed by atoms with Crippen LogP contribution in [0.4, 0.5) is 0 Å². The van der Waals surface area contributed by atoms with E-state index >= 15 is 0 Å². The van der Waals surface area contributed by atoms with Crippen molar-refractivity contribution in [2.24, 2.45) is 18.8 Å². The predicted molar refractivity (Wildman–Crippen MR) is 73.3 cm³/mol. The molecule has 1 aliphatic carbocycles. The van der Waals surface area contributed by atoms with Crippen LogP contribution >= 0.6 is 0 Å². The molecule has 1 saturated carbocycles. The van der Waals surface area contributed by atoms with Crippen molar-refractivity contribution in [1.82, 2.24) is 15.2 Å². The first kappa shape index (κ1) is 13.1. The Morgan fingerprint density at radius 2 is 2.37 bits per heavy atom. The maximum atomic E-state index is 6.01. The Morgan fingerprint density at radius 3 is 2.89 bits per heavy atom. The fraction of sp³-hybridized carbons (Fsp3) is 0.786. The molecule has 1 aromatic heterocycles. The first-order valence-electron chi connectivity index (χ1n) is 7.24. The second kappa shape index (κ2) is 4.89. The monoisotopic (exact) mass is 264 g/mol. The van der Waals surface area contributed by atoms with Gasteiger partial charge in [-0.1, -0.05) is 0 Å². The maximum absolute atomic E-state index is 6.01. The molecule has 1 spiro atoms. The van der Waals surface area contributed by atoms with Crippen LogP contribution in [0.25, 0.3) is 0 Å². The summed E-state index contributed by atoms with van der Waals surface area (Å²) in [6.45, 7) is 2.92. The number of nitrogens with one attached hydrogen (secondary N) is 1. The van der Waals surface area contributed by atoms with Gasteiger partial charge in [-0.3, -0.25) is 16.0 Å². The molecule has 5 heteroatoms. The Kier molecular flexibility index (Phi) is 3.37. The van der Waals surface area contributed by atoms with Gasteiger partial charge in [0.25, 0.3) is 0 Å². The molecule has 106 valence electrons. The van der Waals surface area contributed by atoms with Crippen molar-refractivity contribution in [2.45, 2.75) is 50.7 Å². The van der Waals surface area contributed by atoms with E-state index in [4.69, 9.17) is 10.6 Å². The average molecular weight is 264 g/mol. The maximum Gasteiger partial charge on any atom is 0.0686 e. The van der Waals surface area contributed by atoms with Crippen LogP contribution in [-0.2, 0) is 11.8 Å². The molecular weight excluding hydrogens is 240 g/mol. The van der Waals surface area contributed by atoms with Gasteiger partial charge in [0.2, 0.25) is 0 Å². The largest absolute Gasteiger partial charge is 0.375 e. The van der Waals surface area contributed by atoms with Crippen LogP contribution in [0.1, 0.15) is 49.4 Å². The Bertz CT molecular complexity index is 452. The zero-order valence-corrected chi connectivity index (χ0v) is 11.9. The summed E-state index contributed by atoms with van der Waals surface area (Å²) in [6, 6.07) is 0.190. The number of aromatic nitrogens is 2. The van der Waals surface area contributed by atoms with Crippen molar-refractivity contribution in [3.63, 3.8) is 0 Å². The topological polar surface area (TPSA) is 65.1 Å². The van der Waals surface area contributed by atoms with Crippen LogP contribution in [0.2, 0.25) is 0 Å². The highest BCUT2D eigenvalue weighted by atomic mass is 16.5. The third kappa shape index (κ3) is 2.30. The number of nitrogens with zero attached hydrogens (tertiary/aromatic N) is 2. The molecule has 3 N–H and O–H groups in total. The molecule has 3 rings (SSSR count). The average Bonchev–Trinajstić information content (AvgIpc) is 2.68. The van der Waals surface area contributed by atoms with E-state index in [0.29, 0.717) is 5.92 Å². The Labute approximate surface area is 114 Å². The summed E-state index contributed by atoms with van der Waals surface area (Å²) in [7, 11) is 1.96. The van der Waals surface area contributed by atoms with Crippen LogP contribution in [0.15, 0.2) is 6.20 Å². The summed E-state index contributed by atoms with van der Waals surface area (Å²) in [4.78, 5) is 0. The number of nitrogens with two attached hydrogens (primary N) is 1. The lowest BCUT2D eigenvalue weighted by molar-refractivity contribution is -0.147. The Hall–Kier alpha value is -0.910. The highest BCUT2D eigenvalue weighted by Gasteiger charge is 2.44. The molecule has 0 bridgehead atoms. The molecular formula is C14H24N4O. The van der Waals surface area contributed by atoms with E-state index in [-0.39, 0.29) is 11.6 Å². The highest BCUT2D eigenvalue weighted by Crippen LogP contribution is 2.47. The van der Waals surface area contributed by atoms with E-state index in [9.17, 15) is 0 Å². The number of hydrogen-bond donors (Lipinski definition) is 2. The summed E-state index contributed by atoms with van der Waals surface area (Å²) in [5.74, 6) is 6.38. The van der Waals surface area contributed by atoms with E-state index in [1.54, 1.807) is 0 Å². The molecule has 2 atom stereocenters. The number of hydrogen-bond acceptors (Lipinski definition) is 4. The Balaban J connectivity index is 1.80. The highest BCUT2D eigenvalue weighted by molar-refractivity contribution is 5.21. The number of aryl methyl sites for hydroxylation is 2. The van der Waals surface area contributed by atoms with Crippen LogP contribution in [0.3, 0.4) is 0 Å². The van der Waals surface area contributed by atoms with Gasteiger partial charge in [0, 0.05) is 25.4 Å². The zero-order chi connectivity index (χ0) is 13.5. The molecule has 2 aliphatic rings. The fourth-order valence-corrected chi connectivity index (χ4v) is 3.67.